The summed E-state index contributed by atoms with van der Waals surface area (Å²) < 4.78 is 0. The van der Waals surface area contributed by atoms with Gasteiger partial charge in [-0.25, -0.2) is 0 Å². The Hall–Kier alpha value is -2.13. The maximum atomic E-state index is 12.6. The van der Waals surface area contributed by atoms with E-state index >= 15 is 0 Å². The van der Waals surface area contributed by atoms with Gasteiger partial charge in [0.1, 0.15) is 0 Å². The molecule has 1 atom stereocenters. The zero-order valence-corrected chi connectivity index (χ0v) is 15.2. The number of carbonyl (C=O) groups excluding carboxylic acids is 1. The molecule has 0 aliphatic heterocycles. The first-order chi connectivity index (χ1) is 11.5. The van der Waals surface area contributed by atoms with Crippen LogP contribution in [0.3, 0.4) is 0 Å². The van der Waals surface area contributed by atoms with Crippen molar-refractivity contribution in [1.29, 1.82) is 0 Å². The van der Waals surface area contributed by atoms with Gasteiger partial charge in [0.25, 0.3) is 5.91 Å². The summed E-state index contributed by atoms with van der Waals surface area (Å²) in [5.74, 6) is -0.00473. The Kier molecular flexibility index (Phi) is 6.56. The molecule has 1 unspecified atom stereocenters. The van der Waals surface area contributed by atoms with Gasteiger partial charge in [-0.15, -0.1) is 0 Å². The molecule has 3 nitrogen and oxygen atoms in total. The number of rotatable bonds is 7. The van der Waals surface area contributed by atoms with Gasteiger partial charge in [-0.3, -0.25) is 9.69 Å². The molecule has 2 aromatic carbocycles. The van der Waals surface area contributed by atoms with Crippen LogP contribution in [-0.2, 0) is 0 Å². The summed E-state index contributed by atoms with van der Waals surface area (Å²) in [6.07, 6.45) is 0. The second-order valence-corrected chi connectivity index (χ2v) is 6.23. The van der Waals surface area contributed by atoms with Gasteiger partial charge in [-0.2, -0.15) is 0 Å². The fraction of sp³-hybridized carbons (Fsp3) is 0.381. The minimum Gasteiger partial charge on any atom is -0.350 e. The fourth-order valence-corrected chi connectivity index (χ4v) is 3.19. The van der Waals surface area contributed by atoms with E-state index in [-0.39, 0.29) is 11.9 Å². The number of aryl methyl sites for hydroxylation is 2. The highest BCUT2D eigenvalue weighted by molar-refractivity contribution is 5.94. The van der Waals surface area contributed by atoms with E-state index in [1.165, 1.54) is 5.56 Å². The molecule has 24 heavy (non-hydrogen) atoms. The number of hydrogen-bond donors (Lipinski definition) is 1. The van der Waals surface area contributed by atoms with E-state index < -0.39 is 0 Å². The lowest BCUT2D eigenvalue weighted by Gasteiger charge is -2.30. The summed E-state index contributed by atoms with van der Waals surface area (Å²) in [5.41, 5.74) is 4.20. The molecule has 0 bridgehead atoms. The van der Waals surface area contributed by atoms with Crippen molar-refractivity contribution in [3.8, 4) is 0 Å². The summed E-state index contributed by atoms with van der Waals surface area (Å²) in [5, 5.41) is 3.12. The average molecular weight is 324 g/mol. The molecule has 0 saturated carbocycles. The van der Waals surface area contributed by atoms with E-state index in [1.54, 1.807) is 0 Å². The van der Waals surface area contributed by atoms with Crippen molar-refractivity contribution in [3.05, 3.63) is 70.8 Å². The highest BCUT2D eigenvalue weighted by Crippen LogP contribution is 2.19. The Morgan fingerprint density at radius 2 is 1.58 bits per heavy atom. The van der Waals surface area contributed by atoms with Crippen LogP contribution in [0.2, 0.25) is 0 Å². The van der Waals surface area contributed by atoms with E-state index in [0.29, 0.717) is 6.54 Å². The second-order valence-electron chi connectivity index (χ2n) is 6.23. The molecular formula is C21H28N2O. The molecule has 0 radical (unpaired) electrons. The monoisotopic (exact) mass is 324 g/mol. The molecule has 0 aliphatic carbocycles. The first kappa shape index (κ1) is 18.2. The third kappa shape index (κ3) is 4.68. The lowest BCUT2D eigenvalue weighted by atomic mass is 10.0. The first-order valence-corrected chi connectivity index (χ1v) is 8.70. The van der Waals surface area contributed by atoms with Crippen LogP contribution >= 0.6 is 0 Å². The average Bonchev–Trinajstić information content (AvgIpc) is 2.58. The van der Waals surface area contributed by atoms with Crippen LogP contribution in [0.25, 0.3) is 0 Å². The number of carbonyl (C=O) groups is 1. The smallest absolute Gasteiger partial charge is 0.251 e. The van der Waals surface area contributed by atoms with Gasteiger partial charge in [0, 0.05) is 12.1 Å². The largest absolute Gasteiger partial charge is 0.350 e. The van der Waals surface area contributed by atoms with Crippen molar-refractivity contribution in [2.24, 2.45) is 0 Å². The molecule has 3 heteroatoms. The molecule has 0 fully saturated rings. The quantitative estimate of drug-likeness (QED) is 0.831. The molecule has 0 aromatic heterocycles. The predicted molar refractivity (Wildman–Crippen MR) is 100 cm³/mol. The minimum absolute atomic E-state index is 0.00473. The number of hydrogen-bond acceptors (Lipinski definition) is 2. The van der Waals surface area contributed by atoms with Crippen molar-refractivity contribution >= 4 is 5.91 Å². The molecule has 1 N–H and O–H groups in total. The topological polar surface area (TPSA) is 32.3 Å². The normalized spacial score (nSPS) is 12.2. The zero-order valence-electron chi connectivity index (χ0n) is 15.2. The number of nitrogens with zero attached hydrogens (tertiary/aromatic N) is 1. The Morgan fingerprint density at radius 3 is 2.12 bits per heavy atom. The summed E-state index contributed by atoms with van der Waals surface area (Å²) in [7, 11) is 0. The van der Waals surface area contributed by atoms with E-state index in [2.05, 4.69) is 54.4 Å². The van der Waals surface area contributed by atoms with Gasteiger partial charge < -0.3 is 5.32 Å². The van der Waals surface area contributed by atoms with E-state index in [9.17, 15) is 4.79 Å². The maximum absolute atomic E-state index is 12.6. The molecule has 2 rings (SSSR count). The van der Waals surface area contributed by atoms with Gasteiger partial charge in [0.2, 0.25) is 0 Å². The third-order valence-electron chi connectivity index (χ3n) is 4.38. The van der Waals surface area contributed by atoms with Crippen LogP contribution in [-0.4, -0.2) is 30.4 Å². The molecule has 1 amide bonds. The molecular weight excluding hydrogens is 296 g/mol. The van der Waals surface area contributed by atoms with Gasteiger partial charge in [-0.05, 0) is 44.6 Å². The molecule has 0 aliphatic rings. The van der Waals surface area contributed by atoms with Gasteiger partial charge in [0.05, 0.1) is 6.04 Å². The van der Waals surface area contributed by atoms with Crippen LogP contribution in [0.1, 0.15) is 46.9 Å². The number of amides is 1. The van der Waals surface area contributed by atoms with Crippen molar-refractivity contribution in [2.45, 2.75) is 33.7 Å². The first-order valence-electron chi connectivity index (χ1n) is 8.70. The van der Waals surface area contributed by atoms with Crippen LogP contribution in [0.15, 0.2) is 48.5 Å². The van der Waals surface area contributed by atoms with Crippen LogP contribution in [0, 0.1) is 13.8 Å². The van der Waals surface area contributed by atoms with Gasteiger partial charge in [-0.1, -0.05) is 61.4 Å². The second kappa shape index (κ2) is 8.65. The van der Waals surface area contributed by atoms with E-state index in [4.69, 9.17) is 0 Å². The molecule has 0 saturated heterocycles. The maximum Gasteiger partial charge on any atom is 0.251 e. The van der Waals surface area contributed by atoms with E-state index in [1.807, 2.05) is 32.0 Å². The Balaban J connectivity index is 2.13. The van der Waals surface area contributed by atoms with Crippen molar-refractivity contribution in [2.75, 3.05) is 19.6 Å². The molecule has 0 heterocycles. The highest BCUT2D eigenvalue weighted by atomic mass is 16.1. The van der Waals surface area contributed by atoms with Crippen LogP contribution in [0.4, 0.5) is 0 Å². The summed E-state index contributed by atoms with van der Waals surface area (Å²) in [6, 6.07) is 16.5. The molecule has 128 valence electrons. The minimum atomic E-state index is -0.00473. The fourth-order valence-electron chi connectivity index (χ4n) is 3.19. The summed E-state index contributed by atoms with van der Waals surface area (Å²) in [6.45, 7) is 10.9. The summed E-state index contributed by atoms with van der Waals surface area (Å²) in [4.78, 5) is 14.9. The Labute approximate surface area is 145 Å². The van der Waals surface area contributed by atoms with Gasteiger partial charge >= 0.3 is 0 Å². The third-order valence-corrected chi connectivity index (χ3v) is 4.38. The number of likely N-dealkylation sites (N-methyl/N-ethyl adjacent to an activating group) is 1. The molecule has 2 aromatic rings. The zero-order chi connectivity index (χ0) is 17.5. The van der Waals surface area contributed by atoms with Crippen LogP contribution in [0.5, 0.6) is 0 Å². The SMILES string of the molecule is CCN(CC)C(CNC(=O)c1cc(C)cc(C)c1)c1ccccc1. The standard InChI is InChI=1S/C21H28N2O/c1-5-23(6-2)20(18-10-8-7-9-11-18)15-22-21(24)19-13-16(3)12-17(4)14-19/h7-14,20H,5-6,15H2,1-4H3,(H,22,24). The van der Waals surface area contributed by atoms with Crippen molar-refractivity contribution in [3.63, 3.8) is 0 Å². The number of benzene rings is 2. The van der Waals surface area contributed by atoms with Crippen molar-refractivity contribution < 1.29 is 4.79 Å². The molecule has 0 spiro atoms. The van der Waals surface area contributed by atoms with E-state index in [0.717, 1.165) is 29.8 Å². The lowest BCUT2D eigenvalue weighted by molar-refractivity contribution is 0.0934. The summed E-state index contributed by atoms with van der Waals surface area (Å²) >= 11 is 0. The Morgan fingerprint density at radius 1 is 1.00 bits per heavy atom. The van der Waals surface area contributed by atoms with Crippen LogP contribution < -0.4 is 5.32 Å². The highest BCUT2D eigenvalue weighted by Gasteiger charge is 2.19. The predicted octanol–water partition coefficient (Wildman–Crippen LogP) is 4.12. The number of nitrogens with one attached hydrogen (secondary N) is 1. The Bertz CT molecular complexity index is 643. The van der Waals surface area contributed by atoms with Crippen molar-refractivity contribution in [1.82, 2.24) is 10.2 Å². The lowest BCUT2D eigenvalue weighted by Crippen LogP contribution is -2.38. The van der Waals surface area contributed by atoms with Gasteiger partial charge in [0.15, 0.2) is 0 Å².